The molecule has 1 heterocycles. The van der Waals surface area contributed by atoms with Gasteiger partial charge in [-0.25, -0.2) is 0 Å². The van der Waals surface area contributed by atoms with Crippen molar-refractivity contribution in [2.75, 3.05) is 7.11 Å². The number of aromatic nitrogens is 1. The molecule has 0 spiro atoms. The van der Waals surface area contributed by atoms with Crippen LogP contribution in [0.1, 0.15) is 40.7 Å². The van der Waals surface area contributed by atoms with Gasteiger partial charge in [0.15, 0.2) is 5.69 Å². The van der Waals surface area contributed by atoms with Crippen LogP contribution in [0.2, 0.25) is 0 Å². The van der Waals surface area contributed by atoms with Crippen LogP contribution in [0.3, 0.4) is 0 Å². The first kappa shape index (κ1) is 14.6. The number of carbonyl (C=O) groups excluding carboxylic acids is 1. The van der Waals surface area contributed by atoms with E-state index < -0.39 is 0 Å². The number of carbonyl (C=O) groups is 1. The van der Waals surface area contributed by atoms with Gasteiger partial charge in [0, 0.05) is 24.1 Å². The molecule has 1 amide bonds. The molecule has 1 aromatic carbocycles. The van der Waals surface area contributed by atoms with E-state index in [0.717, 1.165) is 41.9 Å². The first-order valence-electron chi connectivity index (χ1n) is 7.56. The van der Waals surface area contributed by atoms with E-state index in [4.69, 9.17) is 9.26 Å². The lowest BCUT2D eigenvalue weighted by atomic mass is 9.88. The molecule has 2 aromatic rings. The summed E-state index contributed by atoms with van der Waals surface area (Å²) >= 11 is 0. The Labute approximate surface area is 129 Å². The van der Waals surface area contributed by atoms with Crippen LogP contribution in [0.25, 0.3) is 0 Å². The molecule has 5 heteroatoms. The van der Waals surface area contributed by atoms with Gasteiger partial charge < -0.3 is 14.6 Å². The fraction of sp³-hybridized carbons (Fsp3) is 0.412. The minimum absolute atomic E-state index is 0.190. The number of rotatable bonds is 4. The number of hydrogen-bond donors (Lipinski definition) is 1. The lowest BCUT2D eigenvalue weighted by molar-refractivity contribution is 0.0940. The topological polar surface area (TPSA) is 64.4 Å². The molecule has 0 fully saturated rings. The number of para-hydroxylation sites is 1. The third-order valence-electron chi connectivity index (χ3n) is 4.13. The highest BCUT2D eigenvalue weighted by Gasteiger charge is 2.26. The average molecular weight is 300 g/mol. The summed E-state index contributed by atoms with van der Waals surface area (Å²) in [4.78, 5) is 12.4. The van der Waals surface area contributed by atoms with Crippen LogP contribution in [0.4, 0.5) is 0 Å². The van der Waals surface area contributed by atoms with Gasteiger partial charge in [-0.15, -0.1) is 0 Å². The number of methoxy groups -OCH3 is 1. The Morgan fingerprint density at radius 3 is 3.09 bits per heavy atom. The first-order valence-corrected chi connectivity index (χ1v) is 7.56. The van der Waals surface area contributed by atoms with E-state index >= 15 is 0 Å². The first-order chi connectivity index (χ1) is 10.7. The van der Waals surface area contributed by atoms with Crippen molar-refractivity contribution in [3.8, 4) is 5.75 Å². The van der Waals surface area contributed by atoms with E-state index in [1.165, 1.54) is 0 Å². The number of ether oxygens (including phenoxy) is 1. The van der Waals surface area contributed by atoms with Crippen molar-refractivity contribution in [2.24, 2.45) is 5.92 Å². The van der Waals surface area contributed by atoms with Gasteiger partial charge in [-0.1, -0.05) is 30.3 Å². The zero-order valence-electron chi connectivity index (χ0n) is 12.9. The molecule has 5 nitrogen and oxygen atoms in total. The molecule has 1 N–H and O–H groups in total. The number of aryl methyl sites for hydroxylation is 1. The predicted octanol–water partition coefficient (Wildman–Crippen LogP) is 2.74. The van der Waals surface area contributed by atoms with Crippen LogP contribution in [0.5, 0.6) is 5.75 Å². The van der Waals surface area contributed by atoms with Gasteiger partial charge in [0.25, 0.3) is 5.91 Å². The van der Waals surface area contributed by atoms with Crippen molar-refractivity contribution in [3.05, 3.63) is 46.8 Å². The van der Waals surface area contributed by atoms with Crippen LogP contribution in [0, 0.1) is 5.92 Å². The van der Waals surface area contributed by atoms with E-state index in [-0.39, 0.29) is 5.91 Å². The molecular formula is C17H20N2O3. The van der Waals surface area contributed by atoms with Crippen LogP contribution in [-0.2, 0) is 19.4 Å². The summed E-state index contributed by atoms with van der Waals surface area (Å²) in [7, 11) is 1.62. The second-order valence-electron chi connectivity index (χ2n) is 5.78. The molecular weight excluding hydrogens is 280 g/mol. The van der Waals surface area contributed by atoms with Crippen molar-refractivity contribution in [3.63, 3.8) is 0 Å². The second kappa shape index (κ2) is 6.22. The lowest BCUT2D eigenvalue weighted by Gasteiger charge is -2.16. The van der Waals surface area contributed by atoms with Crippen LogP contribution < -0.4 is 10.1 Å². The number of nitrogens with zero attached hydrogens (tertiary/aromatic N) is 1. The summed E-state index contributed by atoms with van der Waals surface area (Å²) < 4.78 is 10.6. The normalized spacial score (nSPS) is 16.9. The van der Waals surface area contributed by atoms with Gasteiger partial charge in [0.2, 0.25) is 0 Å². The zero-order valence-corrected chi connectivity index (χ0v) is 12.9. The molecule has 1 atom stereocenters. The number of hydrogen-bond acceptors (Lipinski definition) is 4. The summed E-state index contributed by atoms with van der Waals surface area (Å²) in [5, 5.41) is 6.87. The quantitative estimate of drug-likeness (QED) is 0.943. The van der Waals surface area contributed by atoms with E-state index in [9.17, 15) is 4.79 Å². The minimum Gasteiger partial charge on any atom is -0.496 e. The standard InChI is InChI=1S/C17H20N2O3/c1-11-7-8-15-13(9-11)16(19-22-15)17(20)18-10-12-5-3-4-6-14(12)21-2/h3-6,11H,7-10H2,1-2H3,(H,18,20)/t11-/m1/s1. The largest absolute Gasteiger partial charge is 0.496 e. The highest BCUT2D eigenvalue weighted by molar-refractivity contribution is 5.93. The summed E-state index contributed by atoms with van der Waals surface area (Å²) in [6.45, 7) is 2.59. The van der Waals surface area contributed by atoms with Crippen molar-refractivity contribution in [2.45, 2.75) is 32.7 Å². The summed E-state index contributed by atoms with van der Waals surface area (Å²) in [5.41, 5.74) is 2.33. The van der Waals surface area contributed by atoms with E-state index in [2.05, 4.69) is 17.4 Å². The second-order valence-corrected chi connectivity index (χ2v) is 5.78. The Kier molecular flexibility index (Phi) is 4.13. The Morgan fingerprint density at radius 1 is 1.45 bits per heavy atom. The number of nitrogens with one attached hydrogen (secondary N) is 1. The van der Waals surface area contributed by atoms with Crippen LogP contribution >= 0.6 is 0 Å². The monoisotopic (exact) mass is 300 g/mol. The number of benzene rings is 1. The van der Waals surface area contributed by atoms with Crippen molar-refractivity contribution < 1.29 is 14.1 Å². The summed E-state index contributed by atoms with van der Waals surface area (Å²) in [6.07, 6.45) is 2.81. The molecule has 1 aliphatic carbocycles. The third kappa shape index (κ3) is 2.84. The van der Waals surface area contributed by atoms with Gasteiger partial charge in [0.05, 0.1) is 7.11 Å². The fourth-order valence-corrected chi connectivity index (χ4v) is 2.86. The number of amides is 1. The average Bonchev–Trinajstić information content (AvgIpc) is 2.95. The number of fused-ring (bicyclic) bond motifs is 1. The molecule has 22 heavy (non-hydrogen) atoms. The maximum Gasteiger partial charge on any atom is 0.274 e. The molecule has 0 radical (unpaired) electrons. The molecule has 0 saturated carbocycles. The minimum atomic E-state index is -0.190. The lowest BCUT2D eigenvalue weighted by Crippen LogP contribution is -2.25. The summed E-state index contributed by atoms with van der Waals surface area (Å²) in [6, 6.07) is 7.63. The highest BCUT2D eigenvalue weighted by Crippen LogP contribution is 2.27. The molecule has 116 valence electrons. The molecule has 1 aliphatic rings. The molecule has 1 aromatic heterocycles. The Morgan fingerprint density at radius 2 is 2.27 bits per heavy atom. The van der Waals surface area contributed by atoms with Crippen molar-refractivity contribution in [1.82, 2.24) is 10.5 Å². The maximum absolute atomic E-state index is 12.4. The third-order valence-corrected chi connectivity index (χ3v) is 4.13. The molecule has 0 unspecified atom stereocenters. The maximum atomic E-state index is 12.4. The van der Waals surface area contributed by atoms with Gasteiger partial charge in [-0.2, -0.15) is 0 Å². The predicted molar refractivity (Wildman–Crippen MR) is 81.9 cm³/mol. The zero-order chi connectivity index (χ0) is 15.5. The molecule has 0 bridgehead atoms. The Bertz CT molecular complexity index is 678. The van der Waals surface area contributed by atoms with E-state index in [1.807, 2.05) is 24.3 Å². The van der Waals surface area contributed by atoms with Gasteiger partial charge >= 0.3 is 0 Å². The van der Waals surface area contributed by atoms with E-state index in [1.54, 1.807) is 7.11 Å². The molecule has 0 saturated heterocycles. The smallest absolute Gasteiger partial charge is 0.274 e. The van der Waals surface area contributed by atoms with E-state index in [0.29, 0.717) is 18.2 Å². The fourth-order valence-electron chi connectivity index (χ4n) is 2.86. The Balaban J connectivity index is 1.72. The SMILES string of the molecule is COc1ccccc1CNC(=O)c1noc2c1C[C@H](C)CC2. The Hall–Kier alpha value is -2.30. The van der Waals surface area contributed by atoms with Crippen molar-refractivity contribution in [1.29, 1.82) is 0 Å². The van der Waals surface area contributed by atoms with Gasteiger partial charge in [0.1, 0.15) is 11.5 Å². The summed E-state index contributed by atoms with van der Waals surface area (Å²) in [5.74, 6) is 2.00. The van der Waals surface area contributed by atoms with Gasteiger partial charge in [-0.05, 0) is 24.8 Å². The molecule has 0 aliphatic heterocycles. The van der Waals surface area contributed by atoms with Crippen molar-refractivity contribution >= 4 is 5.91 Å². The van der Waals surface area contributed by atoms with Crippen LogP contribution in [-0.4, -0.2) is 18.2 Å². The van der Waals surface area contributed by atoms with Crippen LogP contribution in [0.15, 0.2) is 28.8 Å². The highest BCUT2D eigenvalue weighted by atomic mass is 16.5. The van der Waals surface area contributed by atoms with Gasteiger partial charge in [-0.3, -0.25) is 4.79 Å². The molecule has 3 rings (SSSR count).